The number of aromatic nitrogens is 2. The third-order valence-electron chi connectivity index (χ3n) is 2.57. The van der Waals surface area contributed by atoms with Crippen molar-refractivity contribution < 1.29 is 9.63 Å². The van der Waals surface area contributed by atoms with Crippen LogP contribution in [-0.4, -0.2) is 22.2 Å². The third-order valence-corrected chi connectivity index (χ3v) is 2.57. The lowest BCUT2D eigenvalue weighted by Gasteiger charge is -2.03. The van der Waals surface area contributed by atoms with E-state index in [-0.39, 0.29) is 18.1 Å². The Morgan fingerprint density at radius 2 is 2.00 bits per heavy atom. The highest BCUT2D eigenvalue weighted by molar-refractivity contribution is 5.80. The Hall–Kier alpha value is -2.08. The number of hydrogen-bond acceptors (Lipinski definition) is 3. The predicted octanol–water partition coefficient (Wildman–Crippen LogP) is 0.0176. The minimum absolute atomic E-state index is 0.0615. The van der Waals surface area contributed by atoms with Crippen LogP contribution in [0.5, 0.6) is 0 Å². The number of amides is 1. The van der Waals surface area contributed by atoms with E-state index in [1.54, 1.807) is 13.1 Å². The quantitative estimate of drug-likeness (QED) is 0.763. The minimum Gasteiger partial charge on any atom is -0.295 e. The van der Waals surface area contributed by atoms with Gasteiger partial charge in [-0.2, -0.15) is 0 Å². The summed E-state index contributed by atoms with van der Waals surface area (Å²) in [7, 11) is 3.03. The highest BCUT2D eigenvalue weighted by Gasteiger charge is 2.12. The Bertz CT molecular complexity index is 612. The van der Waals surface area contributed by atoms with Gasteiger partial charge in [-0.1, -0.05) is 12.1 Å². The lowest BCUT2D eigenvalue weighted by Crippen LogP contribution is -2.32. The number of carbonyl (C=O) groups excluding carboxylic acids is 1. The zero-order chi connectivity index (χ0) is 12.4. The maximum Gasteiger partial charge on any atom is 0.329 e. The average molecular weight is 235 g/mol. The second kappa shape index (κ2) is 4.42. The van der Waals surface area contributed by atoms with Crippen LogP contribution >= 0.6 is 0 Å². The van der Waals surface area contributed by atoms with E-state index in [9.17, 15) is 9.59 Å². The van der Waals surface area contributed by atoms with Crippen LogP contribution in [0.2, 0.25) is 0 Å². The fraction of sp³-hybridized carbons (Fsp3) is 0.273. The molecule has 0 aliphatic heterocycles. The predicted molar refractivity (Wildman–Crippen MR) is 62.3 cm³/mol. The molecule has 0 atom stereocenters. The number of hydrogen-bond donors (Lipinski definition) is 1. The number of carbonyl (C=O) groups is 1. The lowest BCUT2D eigenvalue weighted by molar-refractivity contribution is -0.131. The highest BCUT2D eigenvalue weighted by Crippen LogP contribution is 2.10. The molecule has 0 aliphatic carbocycles. The van der Waals surface area contributed by atoms with Gasteiger partial charge < -0.3 is 0 Å². The van der Waals surface area contributed by atoms with E-state index in [4.69, 9.17) is 0 Å². The molecule has 6 heteroatoms. The molecule has 0 fully saturated rings. The Labute approximate surface area is 97.4 Å². The number of nitrogens with zero attached hydrogens (tertiary/aromatic N) is 2. The number of hydroxylamine groups is 1. The number of nitrogens with one attached hydrogen (secondary N) is 1. The largest absolute Gasteiger partial charge is 0.329 e. The number of benzene rings is 1. The van der Waals surface area contributed by atoms with Crippen LogP contribution in [0.1, 0.15) is 0 Å². The molecule has 0 aliphatic rings. The van der Waals surface area contributed by atoms with Crippen LogP contribution in [0, 0.1) is 0 Å². The Balaban J connectivity index is 2.50. The van der Waals surface area contributed by atoms with Crippen LogP contribution in [0.3, 0.4) is 0 Å². The van der Waals surface area contributed by atoms with E-state index in [0.29, 0.717) is 0 Å². The lowest BCUT2D eigenvalue weighted by atomic mass is 10.3. The number of imidazole rings is 1. The van der Waals surface area contributed by atoms with E-state index in [2.05, 4.69) is 10.3 Å². The van der Waals surface area contributed by atoms with Crippen molar-refractivity contribution in [3.8, 4) is 0 Å². The molecule has 1 aromatic heterocycles. The van der Waals surface area contributed by atoms with Gasteiger partial charge in [-0.15, -0.1) is 0 Å². The molecule has 2 aromatic rings. The van der Waals surface area contributed by atoms with Crippen molar-refractivity contribution in [3.05, 3.63) is 34.7 Å². The first-order chi connectivity index (χ1) is 8.15. The molecule has 0 saturated carbocycles. The molecule has 0 spiro atoms. The molecule has 0 bridgehead atoms. The Kier molecular flexibility index (Phi) is 2.97. The van der Waals surface area contributed by atoms with E-state index < -0.39 is 0 Å². The summed E-state index contributed by atoms with van der Waals surface area (Å²) in [6.45, 7) is -0.0615. The summed E-state index contributed by atoms with van der Waals surface area (Å²) in [6.07, 6.45) is 0. The van der Waals surface area contributed by atoms with Gasteiger partial charge in [-0.3, -0.25) is 18.8 Å². The first-order valence-electron chi connectivity index (χ1n) is 5.11. The molecule has 1 amide bonds. The van der Waals surface area contributed by atoms with Gasteiger partial charge in [-0.25, -0.2) is 10.3 Å². The molecular formula is C11H13N3O3. The van der Waals surface area contributed by atoms with Gasteiger partial charge in [0, 0.05) is 7.05 Å². The van der Waals surface area contributed by atoms with Crippen LogP contribution < -0.4 is 11.2 Å². The minimum atomic E-state index is -0.369. The van der Waals surface area contributed by atoms with Gasteiger partial charge in [-0.05, 0) is 12.1 Å². The van der Waals surface area contributed by atoms with E-state index >= 15 is 0 Å². The molecule has 1 aromatic carbocycles. The zero-order valence-corrected chi connectivity index (χ0v) is 9.64. The summed E-state index contributed by atoms with van der Waals surface area (Å²) in [5, 5.41) is 0. The van der Waals surface area contributed by atoms with E-state index in [1.807, 2.05) is 18.2 Å². The normalized spacial score (nSPS) is 10.7. The van der Waals surface area contributed by atoms with Crippen molar-refractivity contribution in [2.75, 3.05) is 7.11 Å². The van der Waals surface area contributed by atoms with E-state index in [1.165, 1.54) is 16.2 Å². The molecule has 17 heavy (non-hydrogen) atoms. The van der Waals surface area contributed by atoms with Crippen LogP contribution in [-0.2, 0) is 23.2 Å². The van der Waals surface area contributed by atoms with Crippen molar-refractivity contribution in [1.82, 2.24) is 14.6 Å². The topological polar surface area (TPSA) is 65.3 Å². The molecule has 2 rings (SSSR count). The first-order valence-corrected chi connectivity index (χ1v) is 5.11. The second-order valence-corrected chi connectivity index (χ2v) is 3.65. The van der Waals surface area contributed by atoms with Crippen molar-refractivity contribution >= 4 is 16.9 Å². The van der Waals surface area contributed by atoms with Gasteiger partial charge in [0.05, 0.1) is 18.1 Å². The monoisotopic (exact) mass is 235 g/mol. The number of fused-ring (bicyclic) bond motifs is 1. The fourth-order valence-corrected chi connectivity index (χ4v) is 1.81. The van der Waals surface area contributed by atoms with Crippen molar-refractivity contribution in [3.63, 3.8) is 0 Å². The molecule has 0 saturated heterocycles. The highest BCUT2D eigenvalue weighted by atomic mass is 16.6. The summed E-state index contributed by atoms with van der Waals surface area (Å²) in [5.41, 5.74) is 3.48. The van der Waals surface area contributed by atoms with Gasteiger partial charge in [0.1, 0.15) is 6.54 Å². The summed E-state index contributed by atoms with van der Waals surface area (Å²) in [4.78, 5) is 27.9. The van der Waals surface area contributed by atoms with Crippen molar-refractivity contribution in [1.29, 1.82) is 0 Å². The second-order valence-electron chi connectivity index (χ2n) is 3.65. The van der Waals surface area contributed by atoms with Crippen molar-refractivity contribution in [2.24, 2.45) is 7.05 Å². The summed E-state index contributed by atoms with van der Waals surface area (Å²) in [5.74, 6) is -0.369. The van der Waals surface area contributed by atoms with Crippen molar-refractivity contribution in [2.45, 2.75) is 6.54 Å². The maximum absolute atomic E-state index is 11.9. The molecule has 90 valence electrons. The third kappa shape index (κ3) is 1.94. The smallest absolute Gasteiger partial charge is 0.295 e. The molecule has 0 unspecified atom stereocenters. The molecule has 6 nitrogen and oxygen atoms in total. The standard InChI is InChI=1S/C11H13N3O3/c1-13-8-5-3-4-6-9(8)14(11(13)16)7-10(15)12-17-2/h3-6H,7H2,1-2H3,(H,12,15). The SMILES string of the molecule is CONC(=O)Cn1c(=O)n(C)c2ccccc21. The fourth-order valence-electron chi connectivity index (χ4n) is 1.81. The summed E-state index contributed by atoms with van der Waals surface area (Å²) < 4.78 is 2.92. The molecule has 0 radical (unpaired) electrons. The van der Waals surface area contributed by atoms with Gasteiger partial charge in [0.25, 0.3) is 5.91 Å². The Morgan fingerprint density at radius 1 is 1.35 bits per heavy atom. The van der Waals surface area contributed by atoms with Gasteiger partial charge >= 0.3 is 5.69 Å². The number of rotatable bonds is 3. The maximum atomic E-state index is 11.9. The summed E-state index contributed by atoms with van der Waals surface area (Å²) >= 11 is 0. The zero-order valence-electron chi connectivity index (χ0n) is 9.64. The van der Waals surface area contributed by atoms with Gasteiger partial charge in [0.2, 0.25) is 0 Å². The average Bonchev–Trinajstić information content (AvgIpc) is 2.56. The van der Waals surface area contributed by atoms with Crippen LogP contribution in [0.25, 0.3) is 11.0 Å². The number of aryl methyl sites for hydroxylation is 1. The van der Waals surface area contributed by atoms with Crippen LogP contribution in [0.15, 0.2) is 29.1 Å². The Morgan fingerprint density at radius 3 is 2.65 bits per heavy atom. The molecule has 1 N–H and O–H groups in total. The van der Waals surface area contributed by atoms with E-state index in [0.717, 1.165) is 11.0 Å². The first kappa shape index (κ1) is 11.4. The summed E-state index contributed by atoms with van der Waals surface area (Å²) in [6, 6.07) is 7.31. The number of para-hydroxylation sites is 2. The van der Waals surface area contributed by atoms with Crippen LogP contribution in [0.4, 0.5) is 0 Å². The molecule has 1 heterocycles. The van der Waals surface area contributed by atoms with Gasteiger partial charge in [0.15, 0.2) is 0 Å². The molecular weight excluding hydrogens is 222 g/mol.